The van der Waals surface area contributed by atoms with E-state index in [2.05, 4.69) is 27.6 Å². The maximum atomic E-state index is 12.4. The molecule has 1 aliphatic rings. The summed E-state index contributed by atoms with van der Waals surface area (Å²) in [5, 5.41) is 11.2. The average Bonchev–Trinajstić information content (AvgIpc) is 3.19. The molecule has 0 saturated heterocycles. The normalized spacial score (nSPS) is 14.0. The van der Waals surface area contributed by atoms with Crippen LogP contribution in [0.5, 0.6) is 11.5 Å². The first-order chi connectivity index (χ1) is 16.8. The van der Waals surface area contributed by atoms with E-state index in [-0.39, 0.29) is 17.3 Å². The molecule has 0 unspecified atom stereocenters. The highest BCUT2D eigenvalue weighted by atomic mass is 127. The van der Waals surface area contributed by atoms with Crippen LogP contribution in [-0.4, -0.2) is 23.4 Å². The molecule has 0 aromatic heterocycles. The van der Waals surface area contributed by atoms with Gasteiger partial charge in [-0.2, -0.15) is 0 Å². The van der Waals surface area contributed by atoms with Crippen molar-refractivity contribution in [1.29, 1.82) is 0 Å². The van der Waals surface area contributed by atoms with Gasteiger partial charge in [-0.1, -0.05) is 23.7 Å². The molecule has 10 heteroatoms. The standard InChI is InChI=1S/C25H18ClIN2O6/c1-2-33-22-13-16(11-20(26)23(22)34-14-15-4-3-5-18(27)10-15)12-21-25(30)35-24(28-21)17-6-8-19(9-7-17)29(31)32/h3-13H,2,14H2,1H3/b21-12-. The van der Waals surface area contributed by atoms with Crippen molar-refractivity contribution in [3.05, 3.63) is 102 Å². The van der Waals surface area contributed by atoms with Crippen LogP contribution < -0.4 is 9.47 Å². The van der Waals surface area contributed by atoms with E-state index in [4.69, 9.17) is 25.8 Å². The Bertz CT molecular complexity index is 1350. The molecule has 0 bridgehead atoms. The van der Waals surface area contributed by atoms with E-state index in [1.165, 1.54) is 30.3 Å². The third-order valence-electron chi connectivity index (χ3n) is 4.85. The summed E-state index contributed by atoms with van der Waals surface area (Å²) in [5.41, 5.74) is 1.99. The molecule has 0 N–H and O–H groups in total. The van der Waals surface area contributed by atoms with Gasteiger partial charge >= 0.3 is 5.97 Å². The molecule has 3 aromatic carbocycles. The fourth-order valence-corrected chi connectivity index (χ4v) is 4.15. The van der Waals surface area contributed by atoms with Crippen molar-refractivity contribution in [1.82, 2.24) is 0 Å². The second kappa shape index (κ2) is 10.9. The van der Waals surface area contributed by atoms with Crippen molar-refractivity contribution in [2.75, 3.05) is 6.61 Å². The number of hydrogen-bond acceptors (Lipinski definition) is 7. The molecular weight excluding hydrogens is 587 g/mol. The summed E-state index contributed by atoms with van der Waals surface area (Å²) in [6.07, 6.45) is 1.53. The lowest BCUT2D eigenvalue weighted by Gasteiger charge is -2.15. The summed E-state index contributed by atoms with van der Waals surface area (Å²) >= 11 is 8.75. The zero-order valence-corrected chi connectivity index (χ0v) is 21.3. The number of esters is 1. The first-order valence-electron chi connectivity index (χ1n) is 10.4. The third kappa shape index (κ3) is 5.98. The maximum Gasteiger partial charge on any atom is 0.363 e. The van der Waals surface area contributed by atoms with Crippen LogP contribution in [0.2, 0.25) is 5.02 Å². The van der Waals surface area contributed by atoms with Crippen LogP contribution in [0, 0.1) is 13.7 Å². The van der Waals surface area contributed by atoms with E-state index in [1.807, 2.05) is 31.2 Å². The predicted octanol–water partition coefficient (Wildman–Crippen LogP) is 6.18. The van der Waals surface area contributed by atoms with Crippen LogP contribution in [0.4, 0.5) is 5.69 Å². The van der Waals surface area contributed by atoms with Crippen molar-refractivity contribution < 1.29 is 23.9 Å². The van der Waals surface area contributed by atoms with Crippen LogP contribution >= 0.6 is 34.2 Å². The fourth-order valence-electron chi connectivity index (χ4n) is 3.27. The molecule has 0 fully saturated rings. The van der Waals surface area contributed by atoms with Gasteiger partial charge in [-0.05, 0) is 83.1 Å². The zero-order valence-electron chi connectivity index (χ0n) is 18.4. The number of nitro benzene ring substituents is 1. The van der Waals surface area contributed by atoms with Gasteiger partial charge < -0.3 is 14.2 Å². The average molecular weight is 605 g/mol. The minimum Gasteiger partial charge on any atom is -0.490 e. The smallest absolute Gasteiger partial charge is 0.363 e. The quantitative estimate of drug-likeness (QED) is 0.100. The molecule has 178 valence electrons. The van der Waals surface area contributed by atoms with Gasteiger partial charge in [-0.25, -0.2) is 9.79 Å². The van der Waals surface area contributed by atoms with Crippen LogP contribution in [0.1, 0.15) is 23.6 Å². The summed E-state index contributed by atoms with van der Waals surface area (Å²) in [5.74, 6) is 0.248. The summed E-state index contributed by atoms with van der Waals surface area (Å²) < 4.78 is 18.0. The fraction of sp³-hybridized carbons (Fsp3) is 0.120. The number of halogens is 2. The predicted molar refractivity (Wildman–Crippen MR) is 140 cm³/mol. The van der Waals surface area contributed by atoms with Gasteiger partial charge in [0, 0.05) is 21.3 Å². The van der Waals surface area contributed by atoms with Gasteiger partial charge in [-0.15, -0.1) is 0 Å². The summed E-state index contributed by atoms with van der Waals surface area (Å²) in [6.45, 7) is 2.55. The summed E-state index contributed by atoms with van der Waals surface area (Å²) in [7, 11) is 0. The Kier molecular flexibility index (Phi) is 7.67. The topological polar surface area (TPSA) is 100 Å². The lowest BCUT2D eigenvalue weighted by atomic mass is 10.1. The number of nitro groups is 1. The van der Waals surface area contributed by atoms with E-state index in [9.17, 15) is 14.9 Å². The molecule has 0 radical (unpaired) electrons. The van der Waals surface area contributed by atoms with E-state index in [0.717, 1.165) is 9.13 Å². The number of ether oxygens (including phenoxy) is 3. The highest BCUT2D eigenvalue weighted by Crippen LogP contribution is 2.38. The highest BCUT2D eigenvalue weighted by Gasteiger charge is 2.25. The second-order valence-electron chi connectivity index (χ2n) is 7.32. The Balaban J connectivity index is 1.59. The first kappa shape index (κ1) is 24.7. The highest BCUT2D eigenvalue weighted by molar-refractivity contribution is 14.1. The number of carbonyl (C=O) groups excluding carboxylic acids is 1. The SMILES string of the molecule is CCOc1cc(/C=C2\N=C(c3ccc([N+](=O)[O-])cc3)OC2=O)cc(Cl)c1OCc1cccc(I)c1. The van der Waals surface area contributed by atoms with Crippen LogP contribution in [0.25, 0.3) is 6.08 Å². The summed E-state index contributed by atoms with van der Waals surface area (Å²) in [4.78, 5) is 27.0. The van der Waals surface area contributed by atoms with Crippen LogP contribution in [-0.2, 0) is 16.1 Å². The molecule has 0 saturated carbocycles. The second-order valence-corrected chi connectivity index (χ2v) is 8.97. The Hall–Kier alpha value is -3.44. The number of carbonyl (C=O) groups is 1. The Morgan fingerprint density at radius 2 is 1.91 bits per heavy atom. The van der Waals surface area contributed by atoms with Gasteiger partial charge in [0.2, 0.25) is 5.90 Å². The lowest BCUT2D eigenvalue weighted by Crippen LogP contribution is -2.05. The van der Waals surface area contributed by atoms with Gasteiger partial charge in [0.25, 0.3) is 5.69 Å². The minimum atomic E-state index is -0.647. The molecule has 35 heavy (non-hydrogen) atoms. The van der Waals surface area contributed by atoms with Gasteiger partial charge in [0.05, 0.1) is 16.6 Å². The minimum absolute atomic E-state index is 0.0596. The third-order valence-corrected chi connectivity index (χ3v) is 5.80. The van der Waals surface area contributed by atoms with Gasteiger partial charge in [-0.3, -0.25) is 10.1 Å². The number of non-ortho nitro benzene ring substituents is 1. The number of aliphatic imine (C=N–C) groups is 1. The molecule has 1 aliphatic heterocycles. The van der Waals surface area contributed by atoms with Gasteiger partial charge in [0.15, 0.2) is 17.2 Å². The zero-order chi connectivity index (χ0) is 24.9. The molecule has 0 amide bonds. The Morgan fingerprint density at radius 1 is 1.14 bits per heavy atom. The Labute approximate surface area is 219 Å². The lowest BCUT2D eigenvalue weighted by molar-refractivity contribution is -0.384. The molecular formula is C25H18ClIN2O6. The number of nitrogens with zero attached hydrogens (tertiary/aromatic N) is 2. The summed E-state index contributed by atoms with van der Waals surface area (Å²) in [6, 6.07) is 16.8. The molecule has 3 aromatic rings. The number of rotatable bonds is 8. The van der Waals surface area contributed by atoms with E-state index < -0.39 is 10.9 Å². The largest absolute Gasteiger partial charge is 0.490 e. The first-order valence-corrected chi connectivity index (χ1v) is 11.9. The van der Waals surface area contributed by atoms with Gasteiger partial charge in [0.1, 0.15) is 6.61 Å². The van der Waals surface area contributed by atoms with Crippen molar-refractivity contribution >= 4 is 57.8 Å². The van der Waals surface area contributed by atoms with Crippen LogP contribution in [0.15, 0.2) is 71.4 Å². The number of cyclic esters (lactones) is 1. The Morgan fingerprint density at radius 3 is 2.60 bits per heavy atom. The molecule has 0 spiro atoms. The monoisotopic (exact) mass is 604 g/mol. The van der Waals surface area contributed by atoms with E-state index in [1.54, 1.807) is 12.1 Å². The van der Waals surface area contributed by atoms with Crippen molar-refractivity contribution in [3.8, 4) is 11.5 Å². The molecule has 4 rings (SSSR count). The van der Waals surface area contributed by atoms with Crippen molar-refractivity contribution in [2.24, 2.45) is 4.99 Å². The van der Waals surface area contributed by atoms with Crippen LogP contribution in [0.3, 0.4) is 0 Å². The molecule has 8 nitrogen and oxygen atoms in total. The molecule has 0 atom stereocenters. The molecule has 0 aliphatic carbocycles. The number of benzene rings is 3. The van der Waals surface area contributed by atoms with E-state index in [0.29, 0.717) is 40.9 Å². The van der Waals surface area contributed by atoms with Crippen molar-refractivity contribution in [3.63, 3.8) is 0 Å². The number of hydrogen-bond donors (Lipinski definition) is 0. The molecule has 1 heterocycles. The maximum absolute atomic E-state index is 12.4. The van der Waals surface area contributed by atoms with E-state index >= 15 is 0 Å². The van der Waals surface area contributed by atoms with Crippen molar-refractivity contribution in [2.45, 2.75) is 13.5 Å².